The molecule has 1 unspecified atom stereocenters. The molecule has 0 radical (unpaired) electrons. The number of hydrogen-bond acceptors (Lipinski definition) is 6. The number of hydrogen-bond donors (Lipinski definition) is 0. The summed E-state index contributed by atoms with van der Waals surface area (Å²) < 4.78 is 16.9. The number of unbranched alkanes of at least 4 members (excludes halogenated alkanes) is 44. The van der Waals surface area contributed by atoms with Crippen LogP contribution in [0, 0.1) is 0 Å². The van der Waals surface area contributed by atoms with Crippen molar-refractivity contribution in [3.05, 3.63) is 48.6 Å². The zero-order chi connectivity index (χ0) is 55.7. The van der Waals surface area contributed by atoms with Crippen molar-refractivity contribution in [1.29, 1.82) is 0 Å². The number of ether oxygens (including phenoxy) is 3. The second-order valence-corrected chi connectivity index (χ2v) is 23.1. The van der Waals surface area contributed by atoms with Crippen LogP contribution < -0.4 is 0 Å². The molecule has 0 aliphatic carbocycles. The Balaban J connectivity index is 4.17. The van der Waals surface area contributed by atoms with E-state index in [2.05, 4.69) is 69.4 Å². The number of carbonyl (C=O) groups is 3. The molecule has 0 saturated heterocycles. The van der Waals surface area contributed by atoms with E-state index in [0.717, 1.165) is 83.5 Å². The second kappa shape index (κ2) is 65.9. The van der Waals surface area contributed by atoms with Crippen LogP contribution in [0.3, 0.4) is 0 Å². The summed E-state index contributed by atoms with van der Waals surface area (Å²) in [5, 5.41) is 0. The number of allylic oxidation sites excluding steroid dienone is 8. The molecule has 0 fully saturated rings. The Morgan fingerprint density at radius 2 is 0.506 bits per heavy atom. The number of carbonyl (C=O) groups excluding carboxylic acids is 3. The van der Waals surface area contributed by atoms with Gasteiger partial charge in [-0.25, -0.2) is 0 Å². The predicted molar refractivity (Wildman–Crippen MR) is 335 cm³/mol. The third-order valence-electron chi connectivity index (χ3n) is 15.3. The van der Waals surface area contributed by atoms with Gasteiger partial charge in [-0.3, -0.25) is 14.4 Å². The molecule has 0 saturated carbocycles. The molecule has 1 atom stereocenters. The molecule has 0 amide bonds. The zero-order valence-corrected chi connectivity index (χ0v) is 51.7. The first-order valence-electron chi connectivity index (χ1n) is 34.1. The van der Waals surface area contributed by atoms with E-state index < -0.39 is 6.10 Å². The molecule has 6 nitrogen and oxygen atoms in total. The Kier molecular flexibility index (Phi) is 63.6. The Morgan fingerprint density at radius 1 is 0.273 bits per heavy atom. The Hall–Kier alpha value is -2.63. The van der Waals surface area contributed by atoms with E-state index in [9.17, 15) is 14.4 Å². The molecule has 0 aromatic carbocycles. The minimum Gasteiger partial charge on any atom is -0.462 e. The fourth-order valence-electron chi connectivity index (χ4n) is 10.3. The zero-order valence-electron chi connectivity index (χ0n) is 51.7. The van der Waals surface area contributed by atoms with Gasteiger partial charge in [0.25, 0.3) is 0 Å². The van der Waals surface area contributed by atoms with Gasteiger partial charge in [-0.05, 0) is 57.8 Å². The molecular formula is C71H130O6. The number of esters is 3. The second-order valence-electron chi connectivity index (χ2n) is 23.1. The van der Waals surface area contributed by atoms with Gasteiger partial charge >= 0.3 is 17.9 Å². The largest absolute Gasteiger partial charge is 0.462 e. The maximum absolute atomic E-state index is 12.9. The van der Waals surface area contributed by atoms with Crippen molar-refractivity contribution in [2.75, 3.05) is 13.2 Å². The highest BCUT2D eigenvalue weighted by atomic mass is 16.6. The highest BCUT2D eigenvalue weighted by Crippen LogP contribution is 2.18. The lowest BCUT2D eigenvalue weighted by Gasteiger charge is -2.18. The van der Waals surface area contributed by atoms with Crippen LogP contribution in [0.5, 0.6) is 0 Å². The van der Waals surface area contributed by atoms with E-state index >= 15 is 0 Å². The van der Waals surface area contributed by atoms with Crippen LogP contribution in [0.15, 0.2) is 48.6 Å². The Bertz CT molecular complexity index is 1330. The van der Waals surface area contributed by atoms with Gasteiger partial charge in [0.2, 0.25) is 0 Å². The van der Waals surface area contributed by atoms with Crippen LogP contribution in [0.2, 0.25) is 0 Å². The monoisotopic (exact) mass is 1080 g/mol. The summed E-state index contributed by atoms with van der Waals surface area (Å²) in [7, 11) is 0. The third kappa shape index (κ3) is 64.1. The summed E-state index contributed by atoms with van der Waals surface area (Å²) in [4.78, 5) is 38.3. The quantitative estimate of drug-likeness (QED) is 0.0261. The van der Waals surface area contributed by atoms with Gasteiger partial charge in [0.15, 0.2) is 6.10 Å². The first-order chi connectivity index (χ1) is 38.0. The average Bonchev–Trinajstić information content (AvgIpc) is 3.43. The molecule has 77 heavy (non-hydrogen) atoms. The molecule has 0 N–H and O–H groups in total. The van der Waals surface area contributed by atoms with Gasteiger partial charge in [0.1, 0.15) is 13.2 Å². The van der Waals surface area contributed by atoms with Gasteiger partial charge in [-0.2, -0.15) is 0 Å². The summed E-state index contributed by atoms with van der Waals surface area (Å²) in [6, 6.07) is 0. The van der Waals surface area contributed by atoms with Crippen LogP contribution in [0.25, 0.3) is 0 Å². The van der Waals surface area contributed by atoms with E-state index in [0.29, 0.717) is 19.3 Å². The van der Waals surface area contributed by atoms with Crippen molar-refractivity contribution in [3.63, 3.8) is 0 Å². The molecular weight excluding hydrogens is 949 g/mol. The van der Waals surface area contributed by atoms with E-state index in [1.807, 2.05) is 0 Å². The lowest BCUT2D eigenvalue weighted by atomic mass is 10.0. The molecule has 0 bridgehead atoms. The fraction of sp³-hybridized carbons (Fsp3) is 0.845. The van der Waals surface area contributed by atoms with Gasteiger partial charge in [0, 0.05) is 19.3 Å². The van der Waals surface area contributed by atoms with Crippen LogP contribution in [0.4, 0.5) is 0 Å². The molecule has 0 aromatic rings. The molecule has 0 aromatic heterocycles. The van der Waals surface area contributed by atoms with Gasteiger partial charge in [-0.15, -0.1) is 0 Å². The standard InChI is InChI=1S/C71H130O6/c1-4-7-10-13-16-19-22-24-26-28-30-32-34-36-38-39-41-43-45-47-49-52-55-58-61-64-70(73)76-67-68(66-75-69(72)63-60-57-54-51-21-18-15-12-9-6-3)77-71(74)65-62-59-56-53-50-48-46-44-42-40-37-35-33-31-29-27-25-23-20-17-14-11-8-5-2/h7,10,16,19,24,26,30,32,68H,4-6,8-9,11-15,17-18,20-23,25,27-29,31,33-67H2,1-3H3/b10-7-,19-16-,26-24-,32-30-. The van der Waals surface area contributed by atoms with Crippen molar-refractivity contribution < 1.29 is 28.6 Å². The molecule has 6 heteroatoms. The van der Waals surface area contributed by atoms with E-state index in [1.54, 1.807) is 0 Å². The lowest BCUT2D eigenvalue weighted by molar-refractivity contribution is -0.167. The van der Waals surface area contributed by atoms with E-state index in [4.69, 9.17) is 14.2 Å². The predicted octanol–water partition coefficient (Wildman–Crippen LogP) is 23.3. The smallest absolute Gasteiger partial charge is 0.306 e. The fourth-order valence-corrected chi connectivity index (χ4v) is 10.3. The van der Waals surface area contributed by atoms with E-state index in [-0.39, 0.29) is 31.1 Å². The Labute approximate surface area is 479 Å². The molecule has 0 aliphatic heterocycles. The highest BCUT2D eigenvalue weighted by Gasteiger charge is 2.19. The van der Waals surface area contributed by atoms with Crippen LogP contribution in [-0.2, 0) is 28.6 Å². The minimum atomic E-state index is -0.770. The van der Waals surface area contributed by atoms with Crippen molar-refractivity contribution in [3.8, 4) is 0 Å². The van der Waals surface area contributed by atoms with Crippen LogP contribution >= 0.6 is 0 Å². The summed E-state index contributed by atoms with van der Waals surface area (Å²) in [6.45, 7) is 6.58. The summed E-state index contributed by atoms with van der Waals surface area (Å²) in [5.41, 5.74) is 0. The maximum Gasteiger partial charge on any atom is 0.306 e. The normalized spacial score (nSPS) is 12.3. The van der Waals surface area contributed by atoms with Crippen molar-refractivity contribution in [1.82, 2.24) is 0 Å². The molecule has 0 heterocycles. The van der Waals surface area contributed by atoms with Gasteiger partial charge < -0.3 is 14.2 Å². The van der Waals surface area contributed by atoms with Gasteiger partial charge in [-0.1, -0.05) is 339 Å². The molecule has 0 aliphatic rings. The first kappa shape index (κ1) is 74.4. The maximum atomic E-state index is 12.9. The number of rotatable bonds is 63. The van der Waals surface area contributed by atoms with E-state index in [1.165, 1.54) is 244 Å². The molecule has 0 spiro atoms. The van der Waals surface area contributed by atoms with Gasteiger partial charge in [0.05, 0.1) is 0 Å². The van der Waals surface area contributed by atoms with Crippen molar-refractivity contribution >= 4 is 17.9 Å². The molecule has 450 valence electrons. The lowest BCUT2D eigenvalue weighted by Crippen LogP contribution is -2.30. The van der Waals surface area contributed by atoms with Crippen LogP contribution in [-0.4, -0.2) is 37.2 Å². The average molecular weight is 1080 g/mol. The molecule has 0 rings (SSSR count). The summed E-state index contributed by atoms with van der Waals surface area (Å²) in [5.74, 6) is -0.846. The SMILES string of the molecule is CC/C=C\C/C=C\C/C=C\C/C=C\CCCCCCCCCCCCCCC(=O)OCC(COC(=O)CCCCCCCCCCCC)OC(=O)CCCCCCCCCCCCCCCCCCCCCCCCCC. The Morgan fingerprint density at radius 3 is 0.792 bits per heavy atom. The first-order valence-corrected chi connectivity index (χ1v) is 34.1. The van der Waals surface area contributed by atoms with Crippen molar-refractivity contribution in [2.45, 2.75) is 374 Å². The van der Waals surface area contributed by atoms with Crippen molar-refractivity contribution in [2.24, 2.45) is 0 Å². The summed E-state index contributed by atoms with van der Waals surface area (Å²) >= 11 is 0. The summed E-state index contributed by atoms with van der Waals surface area (Å²) in [6.07, 6.45) is 82.9. The van der Waals surface area contributed by atoms with Crippen LogP contribution in [0.1, 0.15) is 367 Å². The third-order valence-corrected chi connectivity index (χ3v) is 15.3. The topological polar surface area (TPSA) is 78.9 Å². The highest BCUT2D eigenvalue weighted by molar-refractivity contribution is 5.71. The minimum absolute atomic E-state index is 0.0677.